The number of aromatic nitrogens is 2. The fraction of sp³-hybridized carbons (Fsp3) is 0.333. The monoisotopic (exact) mass is 368 g/mol. The maximum absolute atomic E-state index is 6.19. The SMILES string of the molecule is CCCc1nc(-c2ccc3c(c2)OCCO3)nc(Cl)c1Br. The van der Waals surface area contributed by atoms with Crippen molar-refractivity contribution >= 4 is 27.5 Å². The number of benzene rings is 1. The van der Waals surface area contributed by atoms with Crippen LogP contribution in [0.3, 0.4) is 0 Å². The summed E-state index contributed by atoms with van der Waals surface area (Å²) in [5, 5.41) is 0.429. The van der Waals surface area contributed by atoms with Gasteiger partial charge >= 0.3 is 0 Å². The summed E-state index contributed by atoms with van der Waals surface area (Å²) in [5.74, 6) is 2.07. The van der Waals surface area contributed by atoms with Crippen molar-refractivity contribution in [3.8, 4) is 22.9 Å². The maximum Gasteiger partial charge on any atom is 0.162 e. The van der Waals surface area contributed by atoms with Gasteiger partial charge in [0.05, 0.1) is 10.2 Å². The van der Waals surface area contributed by atoms with E-state index in [4.69, 9.17) is 21.1 Å². The van der Waals surface area contributed by atoms with Gasteiger partial charge in [-0.1, -0.05) is 24.9 Å². The Bertz CT molecular complexity index is 679. The molecule has 3 rings (SSSR count). The number of hydrogen-bond acceptors (Lipinski definition) is 4. The van der Waals surface area contributed by atoms with Crippen LogP contribution in [0, 0.1) is 0 Å². The van der Waals surface area contributed by atoms with Gasteiger partial charge in [0.2, 0.25) is 0 Å². The van der Waals surface area contributed by atoms with Crippen molar-refractivity contribution in [2.24, 2.45) is 0 Å². The van der Waals surface area contributed by atoms with Crippen LogP contribution in [0.25, 0.3) is 11.4 Å². The molecule has 0 atom stereocenters. The molecule has 4 nitrogen and oxygen atoms in total. The van der Waals surface area contributed by atoms with E-state index in [2.05, 4.69) is 32.8 Å². The lowest BCUT2D eigenvalue weighted by molar-refractivity contribution is 0.171. The van der Waals surface area contributed by atoms with Crippen LogP contribution in [0.2, 0.25) is 5.15 Å². The number of rotatable bonds is 3. The smallest absolute Gasteiger partial charge is 0.162 e. The van der Waals surface area contributed by atoms with Gasteiger partial charge in [0.25, 0.3) is 0 Å². The first-order valence-corrected chi connectivity index (χ1v) is 7.98. The topological polar surface area (TPSA) is 44.2 Å². The third-order valence-corrected chi connectivity index (χ3v) is 4.50. The van der Waals surface area contributed by atoms with Crippen LogP contribution in [0.5, 0.6) is 11.5 Å². The highest BCUT2D eigenvalue weighted by molar-refractivity contribution is 9.10. The molecule has 0 saturated carbocycles. The Labute approximate surface area is 136 Å². The molecule has 6 heteroatoms. The number of halogens is 2. The zero-order chi connectivity index (χ0) is 14.8. The maximum atomic E-state index is 6.19. The Hall–Kier alpha value is -1.33. The average molecular weight is 370 g/mol. The molecule has 1 aliphatic rings. The van der Waals surface area contributed by atoms with Gasteiger partial charge in [0.15, 0.2) is 17.3 Å². The molecule has 2 aromatic rings. The van der Waals surface area contributed by atoms with Crippen LogP contribution in [0.1, 0.15) is 19.0 Å². The lowest BCUT2D eigenvalue weighted by Gasteiger charge is -2.18. The summed E-state index contributed by atoms with van der Waals surface area (Å²) < 4.78 is 11.9. The summed E-state index contributed by atoms with van der Waals surface area (Å²) >= 11 is 9.64. The second kappa shape index (κ2) is 6.20. The van der Waals surface area contributed by atoms with Crippen LogP contribution in [0.15, 0.2) is 22.7 Å². The standard InChI is InChI=1S/C15H14BrClN2O2/c1-2-3-10-13(16)14(17)19-15(18-10)9-4-5-11-12(8-9)21-7-6-20-11/h4-5,8H,2-3,6-7H2,1H3. The molecule has 0 fully saturated rings. The van der Waals surface area contributed by atoms with Crippen LogP contribution in [-0.4, -0.2) is 23.2 Å². The second-order valence-corrected chi connectivity index (χ2v) is 5.86. The summed E-state index contributed by atoms with van der Waals surface area (Å²) in [4.78, 5) is 8.95. The molecule has 0 amide bonds. The van der Waals surface area contributed by atoms with E-state index in [0.717, 1.165) is 40.1 Å². The van der Waals surface area contributed by atoms with Crippen molar-refractivity contribution in [3.05, 3.63) is 33.5 Å². The van der Waals surface area contributed by atoms with Crippen molar-refractivity contribution in [3.63, 3.8) is 0 Å². The van der Waals surface area contributed by atoms with Crippen molar-refractivity contribution in [1.82, 2.24) is 9.97 Å². The highest BCUT2D eigenvalue weighted by atomic mass is 79.9. The molecule has 1 aromatic heterocycles. The Kier molecular flexibility index (Phi) is 4.31. The van der Waals surface area contributed by atoms with E-state index in [1.54, 1.807) is 0 Å². The molecule has 0 spiro atoms. The molecule has 2 heterocycles. The quantitative estimate of drug-likeness (QED) is 0.757. The van der Waals surface area contributed by atoms with Crippen molar-refractivity contribution in [2.75, 3.05) is 13.2 Å². The van der Waals surface area contributed by atoms with Gasteiger partial charge in [-0.2, -0.15) is 0 Å². The van der Waals surface area contributed by atoms with Gasteiger partial charge in [0, 0.05) is 5.56 Å². The van der Waals surface area contributed by atoms with Gasteiger partial charge < -0.3 is 9.47 Å². The molecule has 21 heavy (non-hydrogen) atoms. The van der Waals surface area contributed by atoms with Gasteiger partial charge in [-0.3, -0.25) is 0 Å². The number of nitrogens with zero attached hydrogens (tertiary/aromatic N) is 2. The first-order chi connectivity index (χ1) is 10.2. The van der Waals surface area contributed by atoms with Crippen molar-refractivity contribution in [1.29, 1.82) is 0 Å². The van der Waals surface area contributed by atoms with E-state index >= 15 is 0 Å². The first kappa shape index (κ1) is 14.6. The molecule has 1 aliphatic heterocycles. The Balaban J connectivity index is 2.03. The molecule has 0 aliphatic carbocycles. The van der Waals surface area contributed by atoms with Gasteiger partial charge in [-0.05, 0) is 40.5 Å². The van der Waals surface area contributed by atoms with E-state index in [1.807, 2.05) is 18.2 Å². The third kappa shape index (κ3) is 2.99. The number of aryl methyl sites for hydroxylation is 1. The fourth-order valence-electron chi connectivity index (χ4n) is 2.18. The molecule has 0 unspecified atom stereocenters. The summed E-state index contributed by atoms with van der Waals surface area (Å²) in [6.07, 6.45) is 1.84. The zero-order valence-corrected chi connectivity index (χ0v) is 13.9. The van der Waals surface area contributed by atoms with Crippen LogP contribution < -0.4 is 9.47 Å². The predicted molar refractivity (Wildman–Crippen MR) is 85.2 cm³/mol. The fourth-order valence-corrected chi connectivity index (χ4v) is 2.74. The van der Waals surface area contributed by atoms with Gasteiger partial charge in [0.1, 0.15) is 18.4 Å². The summed E-state index contributed by atoms with van der Waals surface area (Å²) in [6, 6.07) is 5.69. The van der Waals surface area contributed by atoms with Crippen molar-refractivity contribution < 1.29 is 9.47 Å². The van der Waals surface area contributed by atoms with E-state index < -0.39 is 0 Å². The van der Waals surface area contributed by atoms with E-state index in [-0.39, 0.29) is 0 Å². The Morgan fingerprint density at radius 3 is 2.71 bits per heavy atom. The van der Waals surface area contributed by atoms with E-state index in [9.17, 15) is 0 Å². The lowest BCUT2D eigenvalue weighted by atomic mass is 10.1. The van der Waals surface area contributed by atoms with E-state index in [0.29, 0.717) is 24.2 Å². The molecule has 0 bridgehead atoms. The molecule has 0 N–H and O–H groups in total. The largest absolute Gasteiger partial charge is 0.486 e. The summed E-state index contributed by atoms with van der Waals surface area (Å²) in [5.41, 5.74) is 1.79. The molecule has 1 aromatic carbocycles. The highest BCUT2D eigenvalue weighted by Gasteiger charge is 2.16. The van der Waals surface area contributed by atoms with Gasteiger partial charge in [-0.15, -0.1) is 0 Å². The summed E-state index contributed by atoms with van der Waals surface area (Å²) in [6.45, 7) is 3.24. The minimum atomic E-state index is 0.429. The molecular formula is C15H14BrClN2O2. The second-order valence-electron chi connectivity index (χ2n) is 4.71. The number of fused-ring (bicyclic) bond motifs is 1. The lowest BCUT2D eigenvalue weighted by Crippen LogP contribution is -2.15. The third-order valence-electron chi connectivity index (χ3n) is 3.17. The first-order valence-electron chi connectivity index (χ1n) is 6.81. The summed E-state index contributed by atoms with van der Waals surface area (Å²) in [7, 11) is 0. The molecule has 0 saturated heterocycles. The predicted octanol–water partition coefficient (Wildman–Crippen LogP) is 4.28. The zero-order valence-electron chi connectivity index (χ0n) is 11.5. The minimum absolute atomic E-state index is 0.429. The Morgan fingerprint density at radius 1 is 1.19 bits per heavy atom. The molecular weight excluding hydrogens is 356 g/mol. The van der Waals surface area contributed by atoms with Crippen molar-refractivity contribution in [2.45, 2.75) is 19.8 Å². The van der Waals surface area contributed by atoms with E-state index in [1.165, 1.54) is 0 Å². The van der Waals surface area contributed by atoms with Crippen LogP contribution in [0.4, 0.5) is 0 Å². The van der Waals surface area contributed by atoms with Gasteiger partial charge in [-0.25, -0.2) is 9.97 Å². The Morgan fingerprint density at radius 2 is 1.95 bits per heavy atom. The normalized spacial score (nSPS) is 13.3. The molecule has 0 radical (unpaired) electrons. The van der Waals surface area contributed by atoms with Crippen LogP contribution >= 0.6 is 27.5 Å². The van der Waals surface area contributed by atoms with Crippen LogP contribution in [-0.2, 0) is 6.42 Å². The number of hydrogen-bond donors (Lipinski definition) is 0. The number of ether oxygens (including phenoxy) is 2. The highest BCUT2D eigenvalue weighted by Crippen LogP contribution is 2.35. The minimum Gasteiger partial charge on any atom is -0.486 e. The molecule has 110 valence electrons. The average Bonchev–Trinajstić information content (AvgIpc) is 2.51.